The molecule has 0 fully saturated rings. The van der Waals surface area contributed by atoms with Crippen molar-refractivity contribution >= 4 is 5.96 Å². The van der Waals surface area contributed by atoms with Crippen LogP contribution in [0.25, 0.3) is 0 Å². The van der Waals surface area contributed by atoms with Gasteiger partial charge in [-0.3, -0.25) is 0 Å². The number of benzene rings is 2. The van der Waals surface area contributed by atoms with Gasteiger partial charge in [-0.05, 0) is 29.7 Å². The predicted molar refractivity (Wildman–Crippen MR) is 89.4 cm³/mol. The van der Waals surface area contributed by atoms with E-state index in [1.54, 1.807) is 0 Å². The maximum atomic E-state index is 12.9. The monoisotopic (exact) mass is 299 g/mol. The van der Waals surface area contributed by atoms with E-state index in [1.807, 2.05) is 49.3 Å². The van der Waals surface area contributed by atoms with Gasteiger partial charge in [0.15, 0.2) is 5.96 Å². The first-order chi connectivity index (χ1) is 10.6. The van der Waals surface area contributed by atoms with E-state index in [-0.39, 0.29) is 5.82 Å². The van der Waals surface area contributed by atoms with Crippen LogP contribution in [0.1, 0.15) is 11.1 Å². The molecule has 0 saturated heterocycles. The minimum absolute atomic E-state index is 0.199. The maximum Gasteiger partial charge on any atom is 0.193 e. The standard InChI is InChI=1S/C18H22FN3/c1-22(2)18(21-14-16-6-4-3-5-7-16)20-13-12-15-8-10-17(19)11-9-15/h3-11H,12-14H2,1-2H3,(H,20,21). The second kappa shape index (κ2) is 8.17. The molecule has 0 aliphatic carbocycles. The van der Waals surface area contributed by atoms with Crippen molar-refractivity contribution in [3.63, 3.8) is 0 Å². The van der Waals surface area contributed by atoms with Crippen LogP contribution in [0.3, 0.4) is 0 Å². The second-order valence-electron chi connectivity index (χ2n) is 5.32. The van der Waals surface area contributed by atoms with E-state index in [0.29, 0.717) is 6.54 Å². The van der Waals surface area contributed by atoms with Crippen molar-refractivity contribution in [2.75, 3.05) is 20.6 Å². The molecule has 116 valence electrons. The summed E-state index contributed by atoms with van der Waals surface area (Å²) in [5, 5.41) is 3.33. The van der Waals surface area contributed by atoms with Gasteiger partial charge in [0.2, 0.25) is 0 Å². The van der Waals surface area contributed by atoms with Crippen molar-refractivity contribution < 1.29 is 4.39 Å². The average Bonchev–Trinajstić information content (AvgIpc) is 2.53. The minimum Gasteiger partial charge on any atom is -0.356 e. The third kappa shape index (κ3) is 5.20. The number of rotatable bonds is 5. The Morgan fingerprint density at radius 2 is 1.68 bits per heavy atom. The van der Waals surface area contributed by atoms with Crippen molar-refractivity contribution in [3.05, 3.63) is 71.5 Å². The van der Waals surface area contributed by atoms with Gasteiger partial charge in [0.05, 0.1) is 6.54 Å². The van der Waals surface area contributed by atoms with E-state index in [0.717, 1.165) is 24.5 Å². The molecule has 0 amide bonds. The molecule has 0 bridgehead atoms. The highest BCUT2D eigenvalue weighted by Crippen LogP contribution is 2.03. The first-order valence-electron chi connectivity index (χ1n) is 7.39. The third-order valence-corrected chi connectivity index (χ3v) is 3.29. The van der Waals surface area contributed by atoms with Crippen LogP contribution in [0.4, 0.5) is 4.39 Å². The van der Waals surface area contributed by atoms with Crippen molar-refractivity contribution in [3.8, 4) is 0 Å². The van der Waals surface area contributed by atoms with Crippen molar-refractivity contribution in [2.24, 2.45) is 4.99 Å². The van der Waals surface area contributed by atoms with Crippen LogP contribution >= 0.6 is 0 Å². The summed E-state index contributed by atoms with van der Waals surface area (Å²) in [7, 11) is 3.93. The lowest BCUT2D eigenvalue weighted by Gasteiger charge is -2.17. The molecular formula is C18H22FN3. The first-order valence-corrected chi connectivity index (χ1v) is 7.39. The third-order valence-electron chi connectivity index (χ3n) is 3.29. The lowest BCUT2D eigenvalue weighted by molar-refractivity contribution is 0.579. The number of aliphatic imine (C=N–C) groups is 1. The summed E-state index contributed by atoms with van der Waals surface area (Å²) in [4.78, 5) is 6.58. The normalized spacial score (nSPS) is 11.3. The lowest BCUT2D eigenvalue weighted by atomic mass is 10.1. The molecule has 4 heteroatoms. The molecule has 0 heterocycles. The van der Waals surface area contributed by atoms with E-state index < -0.39 is 0 Å². The summed E-state index contributed by atoms with van der Waals surface area (Å²) in [5.41, 5.74) is 2.29. The largest absolute Gasteiger partial charge is 0.356 e. The molecule has 0 aliphatic heterocycles. The zero-order valence-electron chi connectivity index (χ0n) is 13.1. The molecule has 0 radical (unpaired) electrons. The van der Waals surface area contributed by atoms with Gasteiger partial charge in [0.1, 0.15) is 5.82 Å². The zero-order valence-corrected chi connectivity index (χ0v) is 13.1. The van der Waals surface area contributed by atoms with Gasteiger partial charge in [-0.15, -0.1) is 0 Å². The highest BCUT2D eigenvalue weighted by Gasteiger charge is 2.02. The molecule has 22 heavy (non-hydrogen) atoms. The predicted octanol–water partition coefficient (Wildman–Crippen LogP) is 3.08. The Bertz CT molecular complexity index is 591. The number of nitrogens with zero attached hydrogens (tertiary/aromatic N) is 2. The Morgan fingerprint density at radius 3 is 2.32 bits per heavy atom. The Hall–Kier alpha value is -2.36. The topological polar surface area (TPSA) is 27.6 Å². The second-order valence-corrected chi connectivity index (χ2v) is 5.32. The molecule has 0 aliphatic rings. The van der Waals surface area contributed by atoms with Crippen LogP contribution in [-0.4, -0.2) is 31.5 Å². The van der Waals surface area contributed by atoms with Crippen LogP contribution < -0.4 is 5.32 Å². The van der Waals surface area contributed by atoms with E-state index in [2.05, 4.69) is 22.4 Å². The number of hydrogen-bond acceptors (Lipinski definition) is 1. The highest BCUT2D eigenvalue weighted by molar-refractivity contribution is 5.79. The summed E-state index contributed by atoms with van der Waals surface area (Å²) in [6, 6.07) is 16.8. The summed E-state index contributed by atoms with van der Waals surface area (Å²) in [5.74, 6) is 0.654. The molecule has 1 N–H and O–H groups in total. The highest BCUT2D eigenvalue weighted by atomic mass is 19.1. The van der Waals surface area contributed by atoms with Gasteiger partial charge in [-0.2, -0.15) is 0 Å². The molecular weight excluding hydrogens is 277 g/mol. The summed E-state index contributed by atoms with van der Waals surface area (Å²) >= 11 is 0. The van der Waals surface area contributed by atoms with E-state index in [1.165, 1.54) is 17.7 Å². The van der Waals surface area contributed by atoms with Crippen LogP contribution in [-0.2, 0) is 13.0 Å². The smallest absolute Gasteiger partial charge is 0.193 e. The molecule has 3 nitrogen and oxygen atoms in total. The molecule has 2 aromatic rings. The number of halogens is 1. The fourth-order valence-corrected chi connectivity index (χ4v) is 2.07. The summed E-state index contributed by atoms with van der Waals surface area (Å²) < 4.78 is 12.9. The first kappa shape index (κ1) is 16.0. The van der Waals surface area contributed by atoms with Crippen LogP contribution in [0.2, 0.25) is 0 Å². The molecule has 2 aromatic carbocycles. The van der Waals surface area contributed by atoms with Gasteiger partial charge in [-0.1, -0.05) is 42.5 Å². The number of hydrogen-bond donors (Lipinski definition) is 1. The van der Waals surface area contributed by atoms with E-state index in [4.69, 9.17) is 0 Å². The van der Waals surface area contributed by atoms with Crippen molar-refractivity contribution in [2.45, 2.75) is 13.0 Å². The van der Waals surface area contributed by atoms with Crippen LogP contribution in [0, 0.1) is 5.82 Å². The lowest BCUT2D eigenvalue weighted by Crippen LogP contribution is -2.37. The van der Waals surface area contributed by atoms with Crippen LogP contribution in [0.5, 0.6) is 0 Å². The maximum absolute atomic E-state index is 12.9. The number of nitrogens with one attached hydrogen (secondary N) is 1. The van der Waals surface area contributed by atoms with Crippen molar-refractivity contribution in [1.29, 1.82) is 0 Å². The van der Waals surface area contributed by atoms with Gasteiger partial charge < -0.3 is 10.2 Å². The summed E-state index contributed by atoms with van der Waals surface area (Å²) in [6.07, 6.45) is 0.832. The Balaban J connectivity index is 1.87. The van der Waals surface area contributed by atoms with E-state index >= 15 is 0 Å². The Labute approximate surface area is 131 Å². The zero-order chi connectivity index (χ0) is 15.8. The molecule has 0 unspecified atom stereocenters. The Morgan fingerprint density at radius 1 is 1.00 bits per heavy atom. The number of guanidine groups is 1. The average molecular weight is 299 g/mol. The van der Waals surface area contributed by atoms with E-state index in [9.17, 15) is 4.39 Å². The van der Waals surface area contributed by atoms with Gasteiger partial charge in [0.25, 0.3) is 0 Å². The molecule has 0 saturated carbocycles. The summed E-state index contributed by atoms with van der Waals surface area (Å²) in [6.45, 7) is 1.41. The van der Waals surface area contributed by atoms with Crippen molar-refractivity contribution in [1.82, 2.24) is 10.2 Å². The fraction of sp³-hybridized carbons (Fsp3) is 0.278. The van der Waals surface area contributed by atoms with Crippen LogP contribution in [0.15, 0.2) is 59.6 Å². The van der Waals surface area contributed by atoms with Gasteiger partial charge in [-0.25, -0.2) is 9.38 Å². The SMILES string of the molecule is CN(C)C(=NCc1ccccc1)NCCc1ccc(F)cc1. The van der Waals surface area contributed by atoms with Gasteiger partial charge >= 0.3 is 0 Å². The van der Waals surface area contributed by atoms with Gasteiger partial charge in [0, 0.05) is 20.6 Å². The minimum atomic E-state index is -0.199. The quantitative estimate of drug-likeness (QED) is 0.679. The fourth-order valence-electron chi connectivity index (χ4n) is 2.07. The molecule has 0 spiro atoms. The molecule has 2 rings (SSSR count). The Kier molecular flexibility index (Phi) is 5.95. The molecule has 0 atom stereocenters. The molecule has 0 aromatic heterocycles.